The number of aryl methyl sites for hydroxylation is 2. The highest BCUT2D eigenvalue weighted by atomic mass is 33.1. The van der Waals surface area contributed by atoms with Crippen LogP contribution in [-0.2, 0) is 46.4 Å². The number of aliphatic hydroxyl groups excluding tert-OH is 2. The van der Waals surface area contributed by atoms with E-state index in [4.69, 9.17) is 9.47 Å². The monoisotopic (exact) mass is 562 g/mol. The molecule has 0 fully saturated rings. The lowest BCUT2D eigenvalue weighted by Gasteiger charge is -2.25. The minimum Gasteiger partial charge on any atom is -0.396 e. The van der Waals surface area contributed by atoms with Gasteiger partial charge in [-0.05, 0) is 83.7 Å². The molecular formula is C32H50O4S2. The Morgan fingerprint density at radius 2 is 0.947 bits per heavy atom. The molecule has 214 valence electrons. The highest BCUT2D eigenvalue weighted by Crippen LogP contribution is 2.46. The summed E-state index contributed by atoms with van der Waals surface area (Å²) in [5.74, 6) is 0. The standard InChI is InChI=1S/C32H50O4S2/c1-9-35-21-25-19-28(32(6,7)8)20-26(22-36-10-2)30(25)38-37-29-23(13-11-15-33)17-27(31(3,4)5)18-24(29)14-12-16-34/h17-20,33-34H,9-16,21-22H2,1-8H3. The van der Waals surface area contributed by atoms with Crippen LogP contribution in [0.2, 0.25) is 0 Å². The first-order valence-corrected chi connectivity index (χ1v) is 16.1. The van der Waals surface area contributed by atoms with E-state index in [0.717, 1.165) is 25.7 Å². The Morgan fingerprint density at radius 3 is 1.26 bits per heavy atom. The summed E-state index contributed by atoms with van der Waals surface area (Å²) in [5, 5.41) is 19.2. The Kier molecular flexibility index (Phi) is 13.7. The van der Waals surface area contributed by atoms with Crippen LogP contribution >= 0.6 is 21.6 Å². The minimum atomic E-state index is 0.0238. The van der Waals surface area contributed by atoms with Gasteiger partial charge in [0.2, 0.25) is 0 Å². The maximum absolute atomic E-state index is 9.62. The molecule has 4 nitrogen and oxygen atoms in total. The molecule has 6 heteroatoms. The lowest BCUT2D eigenvalue weighted by Crippen LogP contribution is -2.14. The highest BCUT2D eigenvalue weighted by molar-refractivity contribution is 8.76. The predicted octanol–water partition coefficient (Wildman–Crippen LogP) is 8.00. The molecule has 0 amide bonds. The molecule has 0 aliphatic heterocycles. The fourth-order valence-corrected chi connectivity index (χ4v) is 7.16. The van der Waals surface area contributed by atoms with Crippen molar-refractivity contribution in [2.45, 2.75) is 115 Å². The molecule has 2 rings (SSSR count). The van der Waals surface area contributed by atoms with E-state index in [1.54, 1.807) is 21.6 Å². The van der Waals surface area contributed by atoms with Crippen LogP contribution in [0.3, 0.4) is 0 Å². The molecule has 2 N–H and O–H groups in total. The van der Waals surface area contributed by atoms with Crippen LogP contribution < -0.4 is 0 Å². The fourth-order valence-electron chi connectivity index (χ4n) is 4.22. The van der Waals surface area contributed by atoms with Crippen LogP contribution in [-0.4, -0.2) is 36.6 Å². The van der Waals surface area contributed by atoms with E-state index in [9.17, 15) is 10.2 Å². The van der Waals surface area contributed by atoms with Gasteiger partial charge in [-0.1, -0.05) is 87.4 Å². The van der Waals surface area contributed by atoms with Crippen molar-refractivity contribution in [1.29, 1.82) is 0 Å². The molecule has 0 aliphatic carbocycles. The van der Waals surface area contributed by atoms with Gasteiger partial charge in [-0.25, -0.2) is 0 Å². The molecule has 0 bridgehead atoms. The van der Waals surface area contributed by atoms with Gasteiger partial charge < -0.3 is 19.7 Å². The summed E-state index contributed by atoms with van der Waals surface area (Å²) in [6, 6.07) is 9.25. The van der Waals surface area contributed by atoms with Crippen molar-refractivity contribution in [2.24, 2.45) is 0 Å². The average Bonchev–Trinajstić information content (AvgIpc) is 2.86. The molecule has 0 aliphatic rings. The van der Waals surface area contributed by atoms with Crippen molar-refractivity contribution in [1.82, 2.24) is 0 Å². The van der Waals surface area contributed by atoms with Gasteiger partial charge in [-0.2, -0.15) is 0 Å². The highest BCUT2D eigenvalue weighted by Gasteiger charge is 2.23. The molecule has 2 aromatic rings. The lowest BCUT2D eigenvalue weighted by molar-refractivity contribution is 0.126. The molecule has 0 saturated heterocycles. The Hall–Kier alpha value is -1.02. The van der Waals surface area contributed by atoms with Crippen LogP contribution in [0.5, 0.6) is 0 Å². The number of hydrogen-bond donors (Lipinski definition) is 2. The zero-order chi connectivity index (χ0) is 28.3. The van der Waals surface area contributed by atoms with E-state index in [1.807, 2.05) is 13.8 Å². The van der Waals surface area contributed by atoms with Crippen molar-refractivity contribution in [3.63, 3.8) is 0 Å². The fraction of sp³-hybridized carbons (Fsp3) is 0.625. The summed E-state index contributed by atoms with van der Waals surface area (Å²) in [6.45, 7) is 20.4. The Balaban J connectivity index is 2.61. The van der Waals surface area contributed by atoms with E-state index in [-0.39, 0.29) is 24.0 Å². The largest absolute Gasteiger partial charge is 0.396 e. The first-order valence-electron chi connectivity index (χ1n) is 14.0. The topological polar surface area (TPSA) is 58.9 Å². The molecule has 0 atom stereocenters. The second-order valence-corrected chi connectivity index (χ2v) is 14.0. The van der Waals surface area contributed by atoms with E-state index in [2.05, 4.69) is 65.8 Å². The third-order valence-electron chi connectivity index (χ3n) is 6.56. The smallest absolute Gasteiger partial charge is 0.0728 e. The normalized spacial score (nSPS) is 12.4. The first-order chi connectivity index (χ1) is 18.0. The summed E-state index contributed by atoms with van der Waals surface area (Å²) < 4.78 is 11.9. The van der Waals surface area contributed by atoms with E-state index in [0.29, 0.717) is 26.4 Å². The number of rotatable bonds is 15. The predicted molar refractivity (Wildman–Crippen MR) is 163 cm³/mol. The molecule has 0 radical (unpaired) electrons. The summed E-state index contributed by atoms with van der Waals surface area (Å²) in [7, 11) is 3.59. The van der Waals surface area contributed by atoms with Gasteiger partial charge in [0, 0.05) is 36.2 Å². The van der Waals surface area contributed by atoms with Crippen molar-refractivity contribution in [2.75, 3.05) is 26.4 Å². The van der Waals surface area contributed by atoms with Crippen LogP contribution in [0.4, 0.5) is 0 Å². The second kappa shape index (κ2) is 15.7. The molecule has 2 aromatic carbocycles. The molecule has 0 saturated carbocycles. The van der Waals surface area contributed by atoms with E-state index >= 15 is 0 Å². The Morgan fingerprint density at radius 1 is 0.605 bits per heavy atom. The van der Waals surface area contributed by atoms with Gasteiger partial charge in [0.15, 0.2) is 0 Å². The van der Waals surface area contributed by atoms with Crippen LogP contribution in [0.1, 0.15) is 102 Å². The van der Waals surface area contributed by atoms with E-state index < -0.39 is 0 Å². The maximum Gasteiger partial charge on any atom is 0.0728 e. The van der Waals surface area contributed by atoms with Gasteiger partial charge in [-0.15, -0.1) is 0 Å². The van der Waals surface area contributed by atoms with Gasteiger partial charge in [0.1, 0.15) is 0 Å². The van der Waals surface area contributed by atoms with Gasteiger partial charge in [0.25, 0.3) is 0 Å². The molecule has 38 heavy (non-hydrogen) atoms. The van der Waals surface area contributed by atoms with Crippen LogP contribution in [0, 0.1) is 0 Å². The van der Waals surface area contributed by atoms with Crippen molar-refractivity contribution in [3.8, 4) is 0 Å². The summed E-state index contributed by atoms with van der Waals surface area (Å²) >= 11 is 0. The Bertz CT molecular complexity index is 866. The Labute approximate surface area is 239 Å². The number of hydrogen-bond acceptors (Lipinski definition) is 6. The average molecular weight is 563 g/mol. The molecule has 0 spiro atoms. The molecule has 0 unspecified atom stereocenters. The summed E-state index contributed by atoms with van der Waals surface area (Å²) in [4.78, 5) is 2.47. The maximum atomic E-state index is 9.62. The van der Waals surface area contributed by atoms with Gasteiger partial charge in [-0.3, -0.25) is 0 Å². The van der Waals surface area contributed by atoms with Gasteiger partial charge in [0.05, 0.1) is 13.2 Å². The summed E-state index contributed by atoms with van der Waals surface area (Å²) in [5.41, 5.74) is 7.60. The lowest BCUT2D eigenvalue weighted by atomic mass is 9.84. The summed E-state index contributed by atoms with van der Waals surface area (Å²) in [6.07, 6.45) is 3.12. The second-order valence-electron chi connectivity index (χ2n) is 11.8. The minimum absolute atomic E-state index is 0.0238. The van der Waals surface area contributed by atoms with Crippen molar-refractivity contribution < 1.29 is 19.7 Å². The number of benzene rings is 2. The van der Waals surface area contributed by atoms with Crippen molar-refractivity contribution >= 4 is 21.6 Å². The zero-order valence-corrected chi connectivity index (χ0v) is 26.5. The number of aliphatic hydroxyl groups is 2. The first kappa shape index (κ1) is 33.2. The molecule has 0 aromatic heterocycles. The van der Waals surface area contributed by atoms with Crippen LogP contribution in [0.15, 0.2) is 34.1 Å². The quantitative estimate of drug-likeness (QED) is 0.215. The zero-order valence-electron chi connectivity index (χ0n) is 24.9. The number of ether oxygens (including phenoxy) is 2. The van der Waals surface area contributed by atoms with Gasteiger partial charge >= 0.3 is 0 Å². The van der Waals surface area contributed by atoms with Crippen molar-refractivity contribution in [3.05, 3.63) is 57.6 Å². The SMILES string of the molecule is CCOCc1cc(C(C)(C)C)cc(COCC)c1SSc1c(CCCO)cc(C(C)(C)C)cc1CCCO. The molecule has 0 heterocycles. The molecular weight excluding hydrogens is 512 g/mol. The van der Waals surface area contributed by atoms with Crippen LogP contribution in [0.25, 0.3) is 0 Å². The van der Waals surface area contributed by atoms with E-state index in [1.165, 1.54) is 43.2 Å². The third-order valence-corrected chi connectivity index (χ3v) is 9.27. The third kappa shape index (κ3) is 9.87.